The van der Waals surface area contributed by atoms with Crippen LogP contribution in [-0.4, -0.2) is 10.0 Å². The second kappa shape index (κ2) is 4.07. The van der Waals surface area contributed by atoms with Gasteiger partial charge >= 0.3 is 5.69 Å². The topological polar surface area (TPSA) is 87.2 Å². The molecule has 0 aliphatic carbocycles. The standard InChI is InChI=1S/C8H5BrN2O3/c9-7-5(3-4-10)1-2-6(8(7)12)11(13)14/h1-2,12H,3H2. The number of nitrogens with zero attached hydrogens (tertiary/aromatic N) is 2. The van der Waals surface area contributed by atoms with Gasteiger partial charge in [0, 0.05) is 6.07 Å². The number of aromatic hydroxyl groups is 1. The van der Waals surface area contributed by atoms with Gasteiger partial charge in [-0.1, -0.05) is 0 Å². The molecule has 0 aliphatic rings. The molecule has 0 radical (unpaired) electrons. The van der Waals surface area contributed by atoms with Crippen LogP contribution in [0.3, 0.4) is 0 Å². The number of phenolic OH excluding ortho intramolecular Hbond substituents is 1. The van der Waals surface area contributed by atoms with Crippen LogP contribution in [0.2, 0.25) is 0 Å². The van der Waals surface area contributed by atoms with Crippen LogP contribution in [0.5, 0.6) is 5.75 Å². The molecule has 0 fully saturated rings. The van der Waals surface area contributed by atoms with Crippen molar-refractivity contribution < 1.29 is 10.0 Å². The minimum atomic E-state index is -0.684. The maximum absolute atomic E-state index is 10.4. The van der Waals surface area contributed by atoms with Crippen molar-refractivity contribution in [3.05, 3.63) is 32.3 Å². The molecule has 14 heavy (non-hydrogen) atoms. The lowest BCUT2D eigenvalue weighted by Crippen LogP contribution is -1.92. The Bertz CT molecular complexity index is 425. The van der Waals surface area contributed by atoms with E-state index in [2.05, 4.69) is 15.9 Å². The molecule has 0 unspecified atom stereocenters. The number of hydrogen-bond donors (Lipinski definition) is 1. The van der Waals surface area contributed by atoms with Crippen molar-refractivity contribution in [2.24, 2.45) is 0 Å². The van der Waals surface area contributed by atoms with Crippen LogP contribution >= 0.6 is 15.9 Å². The zero-order valence-electron chi connectivity index (χ0n) is 6.90. The maximum Gasteiger partial charge on any atom is 0.311 e. The highest BCUT2D eigenvalue weighted by atomic mass is 79.9. The highest BCUT2D eigenvalue weighted by Crippen LogP contribution is 2.36. The van der Waals surface area contributed by atoms with E-state index >= 15 is 0 Å². The molecule has 1 N–H and O–H groups in total. The number of nitro benzene ring substituents is 1. The summed E-state index contributed by atoms with van der Waals surface area (Å²) in [5.41, 5.74) is 0.147. The Morgan fingerprint density at radius 3 is 2.79 bits per heavy atom. The zero-order chi connectivity index (χ0) is 10.7. The highest BCUT2D eigenvalue weighted by molar-refractivity contribution is 9.10. The Labute approximate surface area is 87.9 Å². The predicted molar refractivity (Wildman–Crippen MR) is 51.8 cm³/mol. The predicted octanol–water partition coefficient (Wildman–Crippen LogP) is 2.13. The minimum Gasteiger partial charge on any atom is -0.501 e. The molecule has 0 saturated carbocycles. The lowest BCUT2D eigenvalue weighted by Gasteiger charge is -2.02. The number of phenols is 1. The number of benzene rings is 1. The van der Waals surface area contributed by atoms with Gasteiger partial charge in [-0.3, -0.25) is 10.1 Å². The van der Waals surface area contributed by atoms with Crippen LogP contribution in [0, 0.1) is 21.4 Å². The van der Waals surface area contributed by atoms with Gasteiger partial charge in [-0.05, 0) is 27.6 Å². The third-order valence-corrected chi connectivity index (χ3v) is 2.53. The van der Waals surface area contributed by atoms with E-state index in [0.29, 0.717) is 5.56 Å². The molecular formula is C8H5BrN2O3. The fourth-order valence-corrected chi connectivity index (χ4v) is 1.44. The first-order valence-electron chi connectivity index (χ1n) is 3.59. The first-order valence-corrected chi connectivity index (χ1v) is 4.39. The zero-order valence-corrected chi connectivity index (χ0v) is 8.48. The van der Waals surface area contributed by atoms with Crippen molar-refractivity contribution in [3.63, 3.8) is 0 Å². The third-order valence-electron chi connectivity index (χ3n) is 1.64. The van der Waals surface area contributed by atoms with Gasteiger partial charge in [-0.15, -0.1) is 0 Å². The summed E-state index contributed by atoms with van der Waals surface area (Å²) in [6.07, 6.45) is 0.0894. The van der Waals surface area contributed by atoms with Gasteiger partial charge in [-0.2, -0.15) is 5.26 Å². The van der Waals surface area contributed by atoms with Crippen LogP contribution in [0.25, 0.3) is 0 Å². The van der Waals surface area contributed by atoms with E-state index in [1.165, 1.54) is 12.1 Å². The molecule has 0 aromatic heterocycles. The third kappa shape index (κ3) is 1.83. The van der Waals surface area contributed by atoms with Gasteiger partial charge in [0.05, 0.1) is 21.9 Å². The van der Waals surface area contributed by atoms with Gasteiger partial charge < -0.3 is 5.11 Å². The van der Waals surface area contributed by atoms with Crippen molar-refractivity contribution in [1.29, 1.82) is 5.26 Å². The lowest BCUT2D eigenvalue weighted by atomic mass is 10.1. The summed E-state index contributed by atoms with van der Waals surface area (Å²) in [5, 5.41) is 28.2. The number of rotatable bonds is 2. The molecule has 0 saturated heterocycles. The lowest BCUT2D eigenvalue weighted by molar-refractivity contribution is -0.386. The van der Waals surface area contributed by atoms with Gasteiger partial charge in [0.1, 0.15) is 0 Å². The normalized spacial score (nSPS) is 9.43. The molecule has 1 aromatic carbocycles. The first-order chi connectivity index (χ1) is 6.57. The van der Waals surface area contributed by atoms with E-state index in [-0.39, 0.29) is 16.6 Å². The second-order valence-electron chi connectivity index (χ2n) is 2.50. The molecular weight excluding hydrogens is 252 g/mol. The summed E-state index contributed by atoms with van der Waals surface area (Å²) < 4.78 is 0.202. The van der Waals surface area contributed by atoms with E-state index in [9.17, 15) is 15.2 Å². The van der Waals surface area contributed by atoms with Gasteiger partial charge in [0.2, 0.25) is 5.75 Å². The van der Waals surface area contributed by atoms with Gasteiger partial charge in [0.25, 0.3) is 0 Å². The molecule has 0 heterocycles. The maximum atomic E-state index is 10.4. The molecule has 0 atom stereocenters. The Hall–Kier alpha value is -1.61. The van der Waals surface area contributed by atoms with Gasteiger partial charge in [0.15, 0.2) is 0 Å². The summed E-state index contributed by atoms with van der Waals surface area (Å²) in [7, 11) is 0. The first kappa shape index (κ1) is 10.5. The number of halogens is 1. The SMILES string of the molecule is N#CCc1ccc([N+](=O)[O-])c(O)c1Br. The van der Waals surface area contributed by atoms with Crippen LogP contribution in [0.1, 0.15) is 5.56 Å². The Morgan fingerprint density at radius 2 is 2.29 bits per heavy atom. The van der Waals surface area contributed by atoms with Gasteiger partial charge in [-0.25, -0.2) is 0 Å². The van der Waals surface area contributed by atoms with Crippen LogP contribution in [-0.2, 0) is 6.42 Å². The smallest absolute Gasteiger partial charge is 0.311 e. The summed E-state index contributed by atoms with van der Waals surface area (Å²) >= 11 is 2.99. The molecule has 0 bridgehead atoms. The van der Waals surface area contributed by atoms with Crippen molar-refractivity contribution >= 4 is 21.6 Å². The van der Waals surface area contributed by atoms with Crippen molar-refractivity contribution in [1.82, 2.24) is 0 Å². The van der Waals surface area contributed by atoms with Crippen LogP contribution < -0.4 is 0 Å². The van der Waals surface area contributed by atoms with Crippen molar-refractivity contribution in [2.75, 3.05) is 0 Å². The molecule has 1 rings (SSSR count). The fraction of sp³-hybridized carbons (Fsp3) is 0.125. The molecule has 5 nitrogen and oxygen atoms in total. The van der Waals surface area contributed by atoms with E-state index in [1.54, 1.807) is 0 Å². The van der Waals surface area contributed by atoms with E-state index < -0.39 is 10.7 Å². The van der Waals surface area contributed by atoms with E-state index in [4.69, 9.17) is 5.26 Å². The Balaban J connectivity index is 3.27. The summed E-state index contributed by atoms with van der Waals surface area (Å²) in [6, 6.07) is 4.50. The highest BCUT2D eigenvalue weighted by Gasteiger charge is 2.18. The summed E-state index contributed by atoms with van der Waals surface area (Å²) in [6.45, 7) is 0. The number of hydrogen-bond acceptors (Lipinski definition) is 4. The fourth-order valence-electron chi connectivity index (χ4n) is 0.965. The van der Waals surface area contributed by atoms with Crippen LogP contribution in [0.15, 0.2) is 16.6 Å². The molecule has 0 aliphatic heterocycles. The molecule has 0 spiro atoms. The Morgan fingerprint density at radius 1 is 1.64 bits per heavy atom. The monoisotopic (exact) mass is 256 g/mol. The number of nitriles is 1. The van der Waals surface area contributed by atoms with Crippen molar-refractivity contribution in [3.8, 4) is 11.8 Å². The average Bonchev–Trinajstić information content (AvgIpc) is 2.13. The minimum absolute atomic E-state index is 0.0894. The summed E-state index contributed by atoms with van der Waals surface area (Å²) in [4.78, 5) is 9.72. The van der Waals surface area contributed by atoms with Crippen molar-refractivity contribution in [2.45, 2.75) is 6.42 Å². The van der Waals surface area contributed by atoms with Crippen LogP contribution in [0.4, 0.5) is 5.69 Å². The number of nitro groups is 1. The van der Waals surface area contributed by atoms with E-state index in [0.717, 1.165) is 0 Å². The Kier molecular flexibility index (Phi) is 3.04. The quantitative estimate of drug-likeness (QED) is 0.649. The average molecular weight is 257 g/mol. The molecule has 1 aromatic rings. The second-order valence-corrected chi connectivity index (χ2v) is 3.29. The summed E-state index contributed by atoms with van der Waals surface area (Å²) in [5.74, 6) is -0.442. The van der Waals surface area contributed by atoms with E-state index in [1.807, 2.05) is 6.07 Å². The largest absolute Gasteiger partial charge is 0.501 e. The molecule has 72 valence electrons. The molecule has 6 heteroatoms. The molecule has 0 amide bonds.